The minimum atomic E-state index is -1.25. The lowest BCUT2D eigenvalue weighted by Crippen LogP contribution is -2.39. The molecule has 0 radical (unpaired) electrons. The summed E-state index contributed by atoms with van der Waals surface area (Å²) < 4.78 is 0. The maximum Gasteiger partial charge on any atom is 0.322 e. The van der Waals surface area contributed by atoms with E-state index in [0.717, 1.165) is 31.2 Å². The van der Waals surface area contributed by atoms with Crippen molar-refractivity contribution in [1.82, 2.24) is 16.0 Å². The molecule has 8 heteroatoms. The summed E-state index contributed by atoms with van der Waals surface area (Å²) in [6, 6.07) is 9.12. The van der Waals surface area contributed by atoms with E-state index in [2.05, 4.69) is 22.9 Å². The fourth-order valence-corrected chi connectivity index (χ4v) is 2.27. The molecule has 0 aliphatic heterocycles. The molecule has 0 saturated carbocycles. The number of benzene rings is 1. The molecule has 2 amide bonds. The molecule has 0 spiro atoms. The van der Waals surface area contributed by atoms with E-state index in [1.807, 2.05) is 30.3 Å². The molecular weight excluding hydrogens is 350 g/mol. The molecule has 1 rings (SSSR count). The molecule has 0 saturated heterocycles. The maximum atomic E-state index is 12.3. The van der Waals surface area contributed by atoms with Gasteiger partial charge in [0.15, 0.2) is 5.57 Å². The van der Waals surface area contributed by atoms with E-state index in [1.54, 1.807) is 0 Å². The van der Waals surface area contributed by atoms with Crippen molar-refractivity contribution in [3.63, 3.8) is 0 Å². The number of rotatable bonds is 12. The fraction of sp³-hybridized carbons (Fsp3) is 0.421. The van der Waals surface area contributed by atoms with Crippen LogP contribution in [-0.4, -0.2) is 41.1 Å². The van der Waals surface area contributed by atoms with E-state index in [1.165, 1.54) is 0 Å². The Morgan fingerprint density at radius 2 is 1.56 bits per heavy atom. The Kier molecular flexibility index (Phi) is 10.1. The Morgan fingerprint density at radius 1 is 0.889 bits per heavy atom. The predicted octanol–water partition coefficient (Wildman–Crippen LogP) is 1.44. The third kappa shape index (κ3) is 8.75. The molecule has 0 bridgehead atoms. The van der Waals surface area contributed by atoms with Crippen molar-refractivity contribution in [2.75, 3.05) is 13.1 Å². The Morgan fingerprint density at radius 3 is 2.19 bits per heavy atom. The van der Waals surface area contributed by atoms with Crippen LogP contribution in [-0.2, 0) is 20.9 Å². The summed E-state index contributed by atoms with van der Waals surface area (Å²) in [6.45, 7) is 1.98. The average molecular weight is 377 g/mol. The van der Waals surface area contributed by atoms with Gasteiger partial charge in [-0.2, -0.15) is 0 Å². The minimum absolute atomic E-state index is 0.201. The number of nitrogens with one attached hydrogen (secondary N) is 3. The van der Waals surface area contributed by atoms with Crippen molar-refractivity contribution in [1.29, 1.82) is 0 Å². The van der Waals surface area contributed by atoms with Crippen LogP contribution in [0.2, 0.25) is 0 Å². The van der Waals surface area contributed by atoms with Crippen molar-refractivity contribution < 1.29 is 24.6 Å². The van der Waals surface area contributed by atoms with Gasteiger partial charge in [0.2, 0.25) is 5.88 Å². The normalized spacial score (nSPS) is 11.3. The van der Waals surface area contributed by atoms with Crippen molar-refractivity contribution in [3.8, 4) is 0 Å². The van der Waals surface area contributed by atoms with Crippen molar-refractivity contribution in [2.24, 2.45) is 0 Å². The number of amides is 2. The number of aliphatic hydroxyl groups excluding tert-OH is 1. The molecule has 1 aromatic carbocycles. The minimum Gasteiger partial charge on any atom is -0.494 e. The van der Waals surface area contributed by atoms with Crippen molar-refractivity contribution in [3.05, 3.63) is 47.4 Å². The molecule has 0 aliphatic rings. The fourth-order valence-electron chi connectivity index (χ4n) is 2.27. The highest BCUT2D eigenvalue weighted by atomic mass is 16.4. The Balaban J connectivity index is 2.79. The summed E-state index contributed by atoms with van der Waals surface area (Å²) in [5.41, 5.74) is 0.303. The van der Waals surface area contributed by atoms with Gasteiger partial charge in [0.05, 0.1) is 0 Å². The lowest BCUT2D eigenvalue weighted by Gasteiger charge is -2.13. The van der Waals surface area contributed by atoms with Gasteiger partial charge in [0.25, 0.3) is 11.8 Å². The van der Waals surface area contributed by atoms with Gasteiger partial charge in [0, 0.05) is 13.1 Å². The summed E-state index contributed by atoms with van der Waals surface area (Å²) in [7, 11) is 0. The zero-order chi connectivity index (χ0) is 20.1. The highest BCUT2D eigenvalue weighted by Crippen LogP contribution is 2.04. The smallest absolute Gasteiger partial charge is 0.322 e. The summed E-state index contributed by atoms with van der Waals surface area (Å²) in [6.07, 6.45) is 3.80. The first-order chi connectivity index (χ1) is 13.0. The van der Waals surface area contributed by atoms with E-state index < -0.39 is 35.8 Å². The average Bonchev–Trinajstić information content (AvgIpc) is 2.65. The van der Waals surface area contributed by atoms with Gasteiger partial charge in [-0.05, 0) is 12.0 Å². The molecule has 0 fully saturated rings. The zero-order valence-electron chi connectivity index (χ0n) is 15.5. The van der Waals surface area contributed by atoms with Gasteiger partial charge in [-0.15, -0.1) is 0 Å². The lowest BCUT2D eigenvalue weighted by molar-refractivity contribution is -0.138. The molecule has 0 aliphatic carbocycles. The largest absolute Gasteiger partial charge is 0.494 e. The number of carboxylic acids is 1. The van der Waals surface area contributed by atoms with E-state index in [4.69, 9.17) is 5.11 Å². The number of hydrogen-bond acceptors (Lipinski definition) is 5. The van der Waals surface area contributed by atoms with Gasteiger partial charge >= 0.3 is 5.97 Å². The summed E-state index contributed by atoms with van der Waals surface area (Å²) in [5, 5.41) is 26.2. The van der Waals surface area contributed by atoms with E-state index in [0.29, 0.717) is 6.54 Å². The van der Waals surface area contributed by atoms with Crippen LogP contribution in [0, 0.1) is 0 Å². The molecule has 1 aromatic rings. The Bertz CT molecular complexity index is 659. The van der Waals surface area contributed by atoms with Crippen LogP contribution in [0.25, 0.3) is 0 Å². The van der Waals surface area contributed by atoms with Gasteiger partial charge in [-0.3, -0.25) is 14.4 Å². The second-order valence-electron chi connectivity index (χ2n) is 5.96. The molecule has 27 heavy (non-hydrogen) atoms. The van der Waals surface area contributed by atoms with Crippen molar-refractivity contribution in [2.45, 2.75) is 39.2 Å². The number of hydrogen-bond donors (Lipinski definition) is 5. The van der Waals surface area contributed by atoms with Crippen molar-refractivity contribution >= 4 is 17.8 Å². The molecule has 0 heterocycles. The third-order valence-corrected chi connectivity index (χ3v) is 3.71. The van der Waals surface area contributed by atoms with Gasteiger partial charge in [-0.25, -0.2) is 0 Å². The first-order valence-corrected chi connectivity index (χ1v) is 8.95. The SMILES string of the molecule is CCCCCCNC(=O)C(C(=O)NCC(=O)O)=C(O)NCc1ccccc1. The van der Waals surface area contributed by atoms with E-state index >= 15 is 0 Å². The van der Waals surface area contributed by atoms with Crippen LogP contribution >= 0.6 is 0 Å². The van der Waals surface area contributed by atoms with Crippen LogP contribution in [0.4, 0.5) is 0 Å². The third-order valence-electron chi connectivity index (χ3n) is 3.71. The molecular formula is C19H27N3O5. The summed E-state index contributed by atoms with van der Waals surface area (Å²) in [5.74, 6) is -3.57. The monoisotopic (exact) mass is 377 g/mol. The zero-order valence-corrected chi connectivity index (χ0v) is 15.5. The standard InChI is InChI=1S/C19H27N3O5/c1-2-3-4-8-11-20-17(25)16(19(27)22-13-15(23)24)18(26)21-12-14-9-6-5-7-10-14/h5-7,9-10,21,26H,2-4,8,11-13H2,1H3,(H,20,25)(H,22,27)(H,23,24). The highest BCUT2D eigenvalue weighted by molar-refractivity contribution is 6.19. The van der Waals surface area contributed by atoms with Crippen LogP contribution in [0.3, 0.4) is 0 Å². The lowest BCUT2D eigenvalue weighted by atomic mass is 10.2. The van der Waals surface area contributed by atoms with Crippen LogP contribution in [0.15, 0.2) is 41.8 Å². The number of carbonyl (C=O) groups excluding carboxylic acids is 2. The summed E-state index contributed by atoms with van der Waals surface area (Å²) in [4.78, 5) is 35.2. The molecule has 0 atom stereocenters. The second kappa shape index (κ2) is 12.3. The van der Waals surface area contributed by atoms with Crippen LogP contribution < -0.4 is 16.0 Å². The molecule has 0 aromatic heterocycles. The molecule has 148 valence electrons. The first kappa shape index (κ1) is 22.0. The van der Waals surface area contributed by atoms with Gasteiger partial charge in [-0.1, -0.05) is 56.5 Å². The van der Waals surface area contributed by atoms with Gasteiger partial charge < -0.3 is 26.2 Å². The number of aliphatic hydroxyl groups is 1. The van der Waals surface area contributed by atoms with Crippen LogP contribution in [0.5, 0.6) is 0 Å². The predicted molar refractivity (Wildman–Crippen MR) is 101 cm³/mol. The molecule has 0 unspecified atom stereocenters. The first-order valence-electron chi connectivity index (χ1n) is 8.95. The van der Waals surface area contributed by atoms with Gasteiger partial charge in [0.1, 0.15) is 6.54 Å². The second-order valence-corrected chi connectivity index (χ2v) is 5.96. The molecule has 5 N–H and O–H groups in total. The number of unbranched alkanes of at least 4 members (excludes halogenated alkanes) is 3. The number of carboxylic acid groups (broad SMARTS) is 1. The number of aliphatic carboxylic acids is 1. The number of carbonyl (C=O) groups is 3. The maximum absolute atomic E-state index is 12.3. The Hall–Kier alpha value is -3.03. The Labute approximate surface area is 158 Å². The summed E-state index contributed by atoms with van der Waals surface area (Å²) >= 11 is 0. The topological polar surface area (TPSA) is 128 Å². The highest BCUT2D eigenvalue weighted by Gasteiger charge is 2.24. The van der Waals surface area contributed by atoms with Crippen LogP contribution in [0.1, 0.15) is 38.2 Å². The quantitative estimate of drug-likeness (QED) is 0.123. The van der Waals surface area contributed by atoms with E-state index in [-0.39, 0.29) is 6.54 Å². The van der Waals surface area contributed by atoms with E-state index in [9.17, 15) is 19.5 Å². The molecule has 8 nitrogen and oxygen atoms in total.